The maximum absolute atomic E-state index is 6.14. The van der Waals surface area contributed by atoms with E-state index in [0.29, 0.717) is 6.61 Å². The van der Waals surface area contributed by atoms with Crippen molar-refractivity contribution in [2.24, 2.45) is 10.4 Å². The van der Waals surface area contributed by atoms with Crippen molar-refractivity contribution >= 4 is 11.4 Å². The van der Waals surface area contributed by atoms with Gasteiger partial charge in [0.05, 0.1) is 12.2 Å². The Morgan fingerprint density at radius 1 is 0.912 bits per heavy atom. The van der Waals surface area contributed by atoms with E-state index in [1.165, 1.54) is 39.0 Å². The molecule has 4 heteroatoms. The molecule has 0 N–H and O–H groups in total. The largest absolute Gasteiger partial charge is 0.475 e. The molecule has 9 rings (SSSR count). The Kier molecular flexibility index (Phi) is 5.05. The second kappa shape index (κ2) is 8.12. The summed E-state index contributed by atoms with van der Waals surface area (Å²) in [6.45, 7) is 7.40. The molecule has 4 nitrogen and oxygen atoms in total. The molecular weight excluding hydrogens is 418 g/mol. The first-order chi connectivity index (χ1) is 16.4. The molecule has 0 unspecified atom stereocenters. The van der Waals surface area contributed by atoms with Gasteiger partial charge >= 0.3 is 0 Å². The number of rotatable bonds is 2. The highest BCUT2D eigenvalue weighted by atomic mass is 16.5. The molecule has 0 radical (unpaired) electrons. The number of ether oxygens (including phenoxy) is 1. The molecule has 2 aromatic carbocycles. The molecule has 34 heavy (non-hydrogen) atoms. The van der Waals surface area contributed by atoms with Crippen LogP contribution in [-0.4, -0.2) is 22.9 Å². The average molecular weight is 451 g/mol. The summed E-state index contributed by atoms with van der Waals surface area (Å²) < 4.78 is 10.6. The lowest BCUT2D eigenvalue weighted by atomic mass is 9.88. The third-order valence-electron chi connectivity index (χ3n) is 7.29. The zero-order valence-electron chi connectivity index (χ0n) is 20.3. The number of benzene rings is 2. The fourth-order valence-corrected chi connectivity index (χ4v) is 5.06. The third-order valence-corrected chi connectivity index (χ3v) is 7.29. The van der Waals surface area contributed by atoms with Gasteiger partial charge < -0.3 is 4.74 Å². The number of fused-ring (bicyclic) bond motifs is 1. The number of nitrogens with zero attached hydrogens (tertiary/aromatic N) is 3. The van der Waals surface area contributed by atoms with Crippen molar-refractivity contribution in [2.45, 2.75) is 52.5 Å². The molecule has 1 aliphatic heterocycles. The second-order valence-corrected chi connectivity index (χ2v) is 10.8. The molecular formula is C30H32N3O+. The fraction of sp³-hybridized carbons (Fsp3) is 0.333. The van der Waals surface area contributed by atoms with E-state index in [0.717, 1.165) is 31.6 Å². The van der Waals surface area contributed by atoms with Crippen molar-refractivity contribution in [3.8, 4) is 5.69 Å². The van der Waals surface area contributed by atoms with Crippen molar-refractivity contribution in [2.75, 3.05) is 6.61 Å². The van der Waals surface area contributed by atoms with E-state index in [4.69, 9.17) is 9.73 Å². The zero-order chi connectivity index (χ0) is 23.3. The van der Waals surface area contributed by atoms with Crippen LogP contribution in [-0.2, 0) is 30.4 Å². The molecule has 0 saturated heterocycles. The standard InChI is InChI=1S/C30H32N3O/c1-30(2,3)28-19-34-29(31-28)26-16-21-7-11-23(26)12-8-22-10-14-24(13-9-21)27(17-22)33-18-25-6-4-5-15-32(25)20-33/h4-7,10-11,14-18,20,28H,8-9,12-13,19H2,1-3H3/q+1/t28-/m1/s1. The van der Waals surface area contributed by atoms with Crippen LogP contribution in [0.15, 0.2) is 78.3 Å². The Morgan fingerprint density at radius 2 is 1.68 bits per heavy atom. The maximum atomic E-state index is 6.14. The minimum atomic E-state index is 0.111. The van der Waals surface area contributed by atoms with E-state index in [1.54, 1.807) is 0 Å². The van der Waals surface area contributed by atoms with Gasteiger partial charge in [0.25, 0.3) is 6.33 Å². The van der Waals surface area contributed by atoms with Crippen molar-refractivity contribution in [3.63, 3.8) is 0 Å². The highest BCUT2D eigenvalue weighted by Gasteiger charge is 2.31. The van der Waals surface area contributed by atoms with Gasteiger partial charge in [-0.2, -0.15) is 0 Å². The number of aryl methyl sites for hydroxylation is 4. The van der Waals surface area contributed by atoms with Gasteiger partial charge in [-0.05, 0) is 77.6 Å². The number of aromatic nitrogens is 2. The predicted octanol–water partition coefficient (Wildman–Crippen LogP) is 5.29. The highest BCUT2D eigenvalue weighted by molar-refractivity contribution is 5.97. The molecule has 2 aromatic heterocycles. The lowest BCUT2D eigenvalue weighted by Crippen LogP contribution is -2.29. The summed E-state index contributed by atoms with van der Waals surface area (Å²) in [5, 5.41) is 0. The van der Waals surface area contributed by atoms with Crippen LogP contribution >= 0.6 is 0 Å². The molecule has 4 aromatic rings. The van der Waals surface area contributed by atoms with Crippen LogP contribution in [0.3, 0.4) is 0 Å². The Labute approximate surface area is 201 Å². The lowest BCUT2D eigenvalue weighted by molar-refractivity contribution is -0.594. The Morgan fingerprint density at radius 3 is 2.44 bits per heavy atom. The Hall–Kier alpha value is -3.40. The van der Waals surface area contributed by atoms with Crippen molar-refractivity contribution in [1.82, 2.24) is 4.40 Å². The molecule has 4 bridgehead atoms. The van der Waals surface area contributed by atoms with Gasteiger partial charge in [-0.1, -0.05) is 51.1 Å². The Balaban J connectivity index is 1.36. The molecule has 0 amide bonds. The van der Waals surface area contributed by atoms with E-state index < -0.39 is 0 Å². The molecule has 0 saturated carbocycles. The van der Waals surface area contributed by atoms with E-state index in [2.05, 4.69) is 103 Å². The van der Waals surface area contributed by atoms with E-state index in [9.17, 15) is 0 Å². The zero-order valence-corrected chi connectivity index (χ0v) is 20.3. The first-order valence-corrected chi connectivity index (χ1v) is 12.4. The molecule has 5 aliphatic rings. The van der Waals surface area contributed by atoms with Crippen LogP contribution in [0.2, 0.25) is 0 Å². The number of pyridine rings is 1. The number of imidazole rings is 1. The average Bonchev–Trinajstić information content (AvgIpc) is 3.48. The van der Waals surface area contributed by atoms with Gasteiger partial charge in [0.15, 0.2) is 5.52 Å². The summed E-state index contributed by atoms with van der Waals surface area (Å²) in [7, 11) is 0. The third kappa shape index (κ3) is 3.91. The Bertz CT molecular complexity index is 1370. The van der Waals surface area contributed by atoms with Crippen LogP contribution in [0, 0.1) is 5.41 Å². The molecule has 0 spiro atoms. The predicted molar refractivity (Wildman–Crippen MR) is 136 cm³/mol. The van der Waals surface area contributed by atoms with Crippen molar-refractivity contribution in [1.29, 1.82) is 0 Å². The van der Waals surface area contributed by atoms with Crippen LogP contribution in [0.25, 0.3) is 11.2 Å². The lowest BCUT2D eigenvalue weighted by Gasteiger charge is -2.21. The van der Waals surface area contributed by atoms with E-state index in [1.807, 2.05) is 0 Å². The van der Waals surface area contributed by atoms with Gasteiger partial charge in [0.1, 0.15) is 18.5 Å². The number of aliphatic imine (C=N–C) groups is 1. The number of hydrogen-bond donors (Lipinski definition) is 0. The first kappa shape index (κ1) is 21.2. The normalized spacial score (nSPS) is 18.0. The second-order valence-electron chi connectivity index (χ2n) is 10.8. The SMILES string of the molecule is CC(C)(C)[C@H]1COC(c2cc3ccc2CCc2ccc(c(-[n+]4cc5ccccn5c4)c2)CC3)=N1. The van der Waals surface area contributed by atoms with Gasteiger partial charge in [0, 0.05) is 5.56 Å². The first-order valence-electron chi connectivity index (χ1n) is 12.4. The minimum Gasteiger partial charge on any atom is -0.475 e. The maximum Gasteiger partial charge on any atom is 0.254 e. The van der Waals surface area contributed by atoms with Crippen molar-refractivity contribution in [3.05, 3.63) is 101 Å². The van der Waals surface area contributed by atoms with Crippen LogP contribution < -0.4 is 4.57 Å². The molecule has 4 aliphatic carbocycles. The molecule has 1 atom stereocenters. The summed E-state index contributed by atoms with van der Waals surface area (Å²) in [5.74, 6) is 0.833. The highest BCUT2D eigenvalue weighted by Crippen LogP contribution is 2.29. The van der Waals surface area contributed by atoms with Crippen LogP contribution in [0.1, 0.15) is 48.6 Å². The minimum absolute atomic E-state index is 0.111. The number of hydrogen-bond acceptors (Lipinski definition) is 2. The summed E-state index contributed by atoms with van der Waals surface area (Å²) >= 11 is 0. The van der Waals surface area contributed by atoms with Crippen molar-refractivity contribution < 1.29 is 9.30 Å². The molecule has 172 valence electrons. The monoisotopic (exact) mass is 450 g/mol. The summed E-state index contributed by atoms with van der Waals surface area (Å²) in [6.07, 6.45) is 10.4. The summed E-state index contributed by atoms with van der Waals surface area (Å²) in [5.41, 5.74) is 9.18. The summed E-state index contributed by atoms with van der Waals surface area (Å²) in [6, 6.07) is 20.5. The van der Waals surface area contributed by atoms with Crippen LogP contribution in [0.4, 0.5) is 0 Å². The smallest absolute Gasteiger partial charge is 0.254 e. The van der Waals surface area contributed by atoms with Gasteiger partial charge in [-0.3, -0.25) is 0 Å². The van der Waals surface area contributed by atoms with E-state index >= 15 is 0 Å². The van der Waals surface area contributed by atoms with Crippen LogP contribution in [0.5, 0.6) is 0 Å². The summed E-state index contributed by atoms with van der Waals surface area (Å²) in [4.78, 5) is 5.00. The quantitative estimate of drug-likeness (QED) is 0.382. The molecule has 3 heterocycles. The van der Waals surface area contributed by atoms with Gasteiger partial charge in [-0.25, -0.2) is 14.0 Å². The molecule has 0 fully saturated rings. The van der Waals surface area contributed by atoms with Gasteiger partial charge in [0.2, 0.25) is 5.90 Å². The van der Waals surface area contributed by atoms with E-state index in [-0.39, 0.29) is 11.5 Å². The van der Waals surface area contributed by atoms with Gasteiger partial charge in [-0.15, -0.1) is 0 Å². The topological polar surface area (TPSA) is 29.9 Å². The fourth-order valence-electron chi connectivity index (χ4n) is 5.06.